The number of aliphatic imine (C=N–C) groups is 1. The van der Waals surface area contributed by atoms with Crippen LogP contribution in [0, 0.1) is 0 Å². The van der Waals surface area contributed by atoms with Gasteiger partial charge in [0.2, 0.25) is 17.7 Å². The molecule has 3 aromatic rings. The third-order valence-corrected chi connectivity index (χ3v) is 10.1. The molecule has 3 aromatic carbocycles. The SMILES string of the molecule is COc1ccc2c(c1)Oc1cc(OC)cc(C(NC(=O)[C@H](Cc3ccccc3)NC(=O)[C@@H](N)CC(=O)O)(C(C)=O)C(=O)CNC(=O)[C@@H](N)CCCN=C(N)N)c1C2(C)C. The molecule has 1 unspecified atom stereocenters. The van der Waals surface area contributed by atoms with E-state index in [2.05, 4.69) is 20.9 Å². The fourth-order valence-electron chi connectivity index (χ4n) is 6.95. The Hall–Kier alpha value is -6.53. The summed E-state index contributed by atoms with van der Waals surface area (Å²) < 4.78 is 17.5. The molecule has 3 amide bonds. The van der Waals surface area contributed by atoms with Gasteiger partial charge in [0.25, 0.3) is 0 Å². The number of ketones is 2. The van der Waals surface area contributed by atoms with Gasteiger partial charge in [-0.15, -0.1) is 0 Å². The molecule has 0 fully saturated rings. The van der Waals surface area contributed by atoms with Gasteiger partial charge in [0.1, 0.15) is 29.0 Å². The van der Waals surface area contributed by atoms with Crippen LogP contribution in [0.25, 0.3) is 0 Å². The molecule has 0 saturated heterocycles. The van der Waals surface area contributed by atoms with Crippen molar-refractivity contribution in [1.29, 1.82) is 0 Å². The van der Waals surface area contributed by atoms with Crippen molar-refractivity contribution >= 4 is 41.2 Å². The summed E-state index contributed by atoms with van der Waals surface area (Å²) in [6.07, 6.45) is -0.409. The predicted octanol–water partition coefficient (Wildman–Crippen LogP) is 0.632. The quantitative estimate of drug-likeness (QED) is 0.0336. The summed E-state index contributed by atoms with van der Waals surface area (Å²) in [4.78, 5) is 85.9. The molecule has 0 saturated carbocycles. The Morgan fingerprint density at radius 1 is 0.881 bits per heavy atom. The fraction of sp³-hybridized carbons (Fsp3) is 0.390. The van der Waals surface area contributed by atoms with Gasteiger partial charge in [0.05, 0.1) is 39.3 Å². The van der Waals surface area contributed by atoms with Crippen LogP contribution in [0.2, 0.25) is 0 Å². The predicted molar refractivity (Wildman–Crippen MR) is 217 cm³/mol. The van der Waals surface area contributed by atoms with E-state index in [0.717, 1.165) is 6.92 Å². The van der Waals surface area contributed by atoms with E-state index in [1.807, 2.05) is 13.8 Å². The molecule has 0 spiro atoms. The Morgan fingerprint density at radius 2 is 1.54 bits per heavy atom. The number of guanidine groups is 1. The number of nitrogens with one attached hydrogen (secondary N) is 3. The van der Waals surface area contributed by atoms with Crippen LogP contribution < -0.4 is 53.1 Å². The monoisotopic (exact) mass is 816 g/mol. The van der Waals surface area contributed by atoms with Crippen molar-refractivity contribution in [3.05, 3.63) is 82.9 Å². The van der Waals surface area contributed by atoms with Gasteiger partial charge in [-0.1, -0.05) is 50.2 Å². The highest BCUT2D eigenvalue weighted by Gasteiger charge is 2.52. The molecular weight excluding hydrogens is 764 g/mol. The van der Waals surface area contributed by atoms with Crippen molar-refractivity contribution in [2.24, 2.45) is 27.9 Å². The summed E-state index contributed by atoms with van der Waals surface area (Å²) in [5, 5.41) is 17.0. The summed E-state index contributed by atoms with van der Waals surface area (Å²) in [6, 6.07) is 12.6. The highest BCUT2D eigenvalue weighted by Crippen LogP contribution is 2.53. The highest BCUT2D eigenvalue weighted by molar-refractivity contribution is 6.15. The van der Waals surface area contributed by atoms with E-state index in [4.69, 9.17) is 37.1 Å². The molecule has 1 aliphatic rings. The number of nitrogens with two attached hydrogens (primary N) is 4. The van der Waals surface area contributed by atoms with Gasteiger partial charge in [-0.3, -0.25) is 33.8 Å². The molecule has 4 rings (SSSR count). The van der Waals surface area contributed by atoms with Crippen molar-refractivity contribution in [1.82, 2.24) is 16.0 Å². The maximum absolute atomic E-state index is 15.0. The summed E-state index contributed by atoms with van der Waals surface area (Å²) in [7, 11) is 2.87. The van der Waals surface area contributed by atoms with Crippen LogP contribution in [0.3, 0.4) is 0 Å². The number of ether oxygens (including phenoxy) is 3. The second kappa shape index (κ2) is 19.3. The third-order valence-electron chi connectivity index (χ3n) is 10.1. The number of fused-ring (bicyclic) bond motifs is 2. The lowest BCUT2D eigenvalue weighted by Crippen LogP contribution is -2.64. The van der Waals surface area contributed by atoms with E-state index in [1.165, 1.54) is 20.3 Å². The van der Waals surface area contributed by atoms with E-state index < -0.39 is 77.3 Å². The normalized spacial score (nSPS) is 14.9. The molecule has 4 atom stereocenters. The smallest absolute Gasteiger partial charge is 0.305 e. The van der Waals surface area contributed by atoms with Gasteiger partial charge in [0, 0.05) is 47.2 Å². The Morgan fingerprint density at radius 3 is 2.15 bits per heavy atom. The number of Topliss-reactive ketones (excluding diaryl/α,β-unsaturated/α-hetero) is 2. The number of methoxy groups -OCH3 is 2. The second-order valence-electron chi connectivity index (χ2n) is 14.6. The molecule has 18 heteroatoms. The van der Waals surface area contributed by atoms with Crippen molar-refractivity contribution in [2.45, 2.75) is 75.5 Å². The van der Waals surface area contributed by atoms with Crippen LogP contribution in [-0.2, 0) is 46.1 Å². The maximum Gasteiger partial charge on any atom is 0.305 e. The first kappa shape index (κ1) is 45.2. The van der Waals surface area contributed by atoms with Crippen molar-refractivity contribution < 1.29 is 48.1 Å². The maximum atomic E-state index is 15.0. The fourth-order valence-corrected chi connectivity index (χ4v) is 6.95. The van der Waals surface area contributed by atoms with Crippen molar-refractivity contribution in [2.75, 3.05) is 27.3 Å². The highest BCUT2D eigenvalue weighted by atomic mass is 16.5. The van der Waals surface area contributed by atoms with Crippen LogP contribution in [0.5, 0.6) is 23.0 Å². The third kappa shape index (κ3) is 10.5. The number of benzene rings is 3. The lowest BCUT2D eigenvalue weighted by Gasteiger charge is -2.41. The van der Waals surface area contributed by atoms with Gasteiger partial charge in [-0.05, 0) is 37.5 Å². The number of hydrogen-bond acceptors (Lipinski definition) is 12. The minimum atomic E-state index is -2.58. The molecule has 12 N–H and O–H groups in total. The molecule has 1 heterocycles. The molecule has 0 radical (unpaired) electrons. The van der Waals surface area contributed by atoms with Gasteiger partial charge in [-0.25, -0.2) is 0 Å². The van der Waals surface area contributed by atoms with E-state index in [0.29, 0.717) is 34.6 Å². The summed E-state index contributed by atoms with van der Waals surface area (Å²) in [6.45, 7) is 4.21. The standard InChI is InChI=1S/C41H52N8O10/c1-22(50)41(33(51)21-47-36(54)28(42)12-9-15-46-39(44)45,49-38(56)30(16-23-10-7-6-8-11-23)48-37(55)29(43)20-34(52)53)27-17-25(58-5)19-32-35(27)40(2,3)26-14-13-24(57-4)18-31(26)59-32/h6-8,10-11,13-14,17-19,28-30H,9,12,15-16,20-21,42-43H2,1-5H3,(H,47,54)(H,48,55)(H,49,56)(H,52,53)(H4,44,45,46)/t28-,29-,30-,41?/m0/s1. The van der Waals surface area contributed by atoms with Crippen LogP contribution in [0.4, 0.5) is 0 Å². The first-order chi connectivity index (χ1) is 27.8. The lowest BCUT2D eigenvalue weighted by atomic mass is 9.68. The van der Waals surface area contributed by atoms with E-state index in [9.17, 15) is 33.9 Å². The summed E-state index contributed by atoms with van der Waals surface area (Å²) >= 11 is 0. The summed E-state index contributed by atoms with van der Waals surface area (Å²) in [5.74, 6) is -4.75. The molecule has 0 aliphatic carbocycles. The van der Waals surface area contributed by atoms with Gasteiger partial charge >= 0.3 is 5.97 Å². The number of amides is 3. The Kier molecular flexibility index (Phi) is 14.8. The largest absolute Gasteiger partial charge is 0.497 e. The molecule has 0 aromatic heterocycles. The van der Waals surface area contributed by atoms with Crippen LogP contribution in [0.15, 0.2) is 65.7 Å². The average molecular weight is 817 g/mol. The zero-order valence-electron chi connectivity index (χ0n) is 33.6. The van der Waals surface area contributed by atoms with Gasteiger partial charge in [-0.2, -0.15) is 0 Å². The lowest BCUT2D eigenvalue weighted by molar-refractivity contribution is -0.142. The number of rotatable bonds is 20. The van der Waals surface area contributed by atoms with Crippen LogP contribution in [-0.4, -0.2) is 91.8 Å². The number of aliphatic carboxylic acids is 1. The molecule has 59 heavy (non-hydrogen) atoms. The zero-order chi connectivity index (χ0) is 43.7. The van der Waals surface area contributed by atoms with Crippen LogP contribution >= 0.6 is 0 Å². The van der Waals surface area contributed by atoms with Crippen LogP contribution in [0.1, 0.15) is 62.3 Å². The topological polar surface area (TPSA) is 303 Å². The molecular formula is C41H52N8O10. The Balaban J connectivity index is 1.89. The zero-order valence-corrected chi connectivity index (χ0v) is 33.6. The minimum Gasteiger partial charge on any atom is -0.497 e. The van der Waals surface area contributed by atoms with E-state index in [1.54, 1.807) is 54.6 Å². The number of nitrogens with zero attached hydrogens (tertiary/aromatic N) is 1. The van der Waals surface area contributed by atoms with Gasteiger partial charge < -0.3 is 58.2 Å². The van der Waals surface area contributed by atoms with Crippen molar-refractivity contribution in [3.8, 4) is 23.0 Å². The first-order valence-electron chi connectivity index (χ1n) is 18.7. The Bertz CT molecular complexity index is 2100. The van der Waals surface area contributed by atoms with Gasteiger partial charge in [0.15, 0.2) is 23.1 Å². The number of carbonyl (C=O) groups is 6. The molecule has 0 bridgehead atoms. The Labute approximate surface area is 341 Å². The number of carboxylic acids is 1. The first-order valence-corrected chi connectivity index (χ1v) is 18.7. The number of hydrogen-bond donors (Lipinski definition) is 8. The number of carbonyl (C=O) groups excluding carboxylic acids is 5. The molecule has 316 valence electrons. The minimum absolute atomic E-state index is 0.0349. The molecule has 1 aliphatic heterocycles. The molecule has 18 nitrogen and oxygen atoms in total. The second-order valence-corrected chi connectivity index (χ2v) is 14.6. The summed E-state index contributed by atoms with van der Waals surface area (Å²) in [5.41, 5.74) is 20.7. The number of carboxylic acid groups (broad SMARTS) is 1. The van der Waals surface area contributed by atoms with Crippen molar-refractivity contribution in [3.63, 3.8) is 0 Å². The van der Waals surface area contributed by atoms with E-state index >= 15 is 0 Å². The average Bonchev–Trinajstić information content (AvgIpc) is 3.19. The van der Waals surface area contributed by atoms with E-state index in [-0.39, 0.29) is 42.4 Å².